The van der Waals surface area contributed by atoms with Crippen LogP contribution in [0.2, 0.25) is 5.02 Å². The summed E-state index contributed by atoms with van der Waals surface area (Å²) < 4.78 is 2.14. The van der Waals surface area contributed by atoms with Gasteiger partial charge in [-0.25, -0.2) is 0 Å². The molecule has 0 spiro atoms. The fraction of sp³-hybridized carbons (Fsp3) is 0.474. The van der Waals surface area contributed by atoms with Gasteiger partial charge in [0.05, 0.1) is 16.3 Å². The average molecular weight is 343 g/mol. The van der Waals surface area contributed by atoms with E-state index in [1.807, 2.05) is 19.1 Å². The Morgan fingerprint density at radius 3 is 2.83 bits per heavy atom. The molecular weight excluding hydrogens is 320 g/mol. The molecule has 4 nitrogen and oxygen atoms in total. The Morgan fingerprint density at radius 1 is 1.38 bits per heavy atom. The molecule has 1 atom stereocenters. The Morgan fingerprint density at radius 2 is 2.17 bits per heavy atom. The van der Waals surface area contributed by atoms with Gasteiger partial charge in [-0.2, -0.15) is 10.4 Å². The van der Waals surface area contributed by atoms with Gasteiger partial charge in [-0.3, -0.25) is 4.68 Å². The molecular formula is C19H23ClN4. The summed E-state index contributed by atoms with van der Waals surface area (Å²) >= 11 is 6.21. The van der Waals surface area contributed by atoms with Crippen molar-refractivity contribution in [2.45, 2.75) is 33.2 Å². The third-order valence-corrected chi connectivity index (χ3v) is 5.23. The number of nitriles is 1. The van der Waals surface area contributed by atoms with Crippen molar-refractivity contribution in [1.29, 1.82) is 5.26 Å². The Labute approximate surface area is 148 Å². The number of benzene rings is 1. The summed E-state index contributed by atoms with van der Waals surface area (Å²) in [6, 6.07) is 7.72. The second-order valence-corrected chi connectivity index (χ2v) is 7.21. The number of nitrogens with zero attached hydrogens (tertiary/aromatic N) is 4. The lowest BCUT2D eigenvalue weighted by atomic mass is 9.98. The molecule has 0 aliphatic carbocycles. The third-order valence-electron chi connectivity index (χ3n) is 4.91. The maximum atomic E-state index is 9.04. The van der Waals surface area contributed by atoms with Gasteiger partial charge in [0.15, 0.2) is 0 Å². The maximum Gasteiger partial charge on any atom is 0.101 e. The van der Waals surface area contributed by atoms with E-state index in [0.717, 1.165) is 29.9 Å². The number of aromatic nitrogens is 2. The van der Waals surface area contributed by atoms with Gasteiger partial charge in [-0.15, -0.1) is 0 Å². The van der Waals surface area contributed by atoms with E-state index in [2.05, 4.69) is 29.6 Å². The van der Waals surface area contributed by atoms with E-state index < -0.39 is 0 Å². The van der Waals surface area contributed by atoms with E-state index in [1.54, 1.807) is 6.07 Å². The number of aryl methyl sites for hydroxylation is 1. The molecule has 1 aliphatic heterocycles. The molecule has 1 aromatic heterocycles. The van der Waals surface area contributed by atoms with Crippen molar-refractivity contribution in [3.8, 4) is 17.2 Å². The minimum Gasteiger partial charge on any atom is -0.306 e. The van der Waals surface area contributed by atoms with Gasteiger partial charge in [0, 0.05) is 24.3 Å². The molecule has 2 aromatic rings. The molecule has 0 amide bonds. The highest BCUT2D eigenvalue weighted by Crippen LogP contribution is 2.31. The molecule has 1 aliphatic rings. The van der Waals surface area contributed by atoms with Crippen LogP contribution in [0.15, 0.2) is 18.2 Å². The predicted molar refractivity (Wildman–Crippen MR) is 97.1 cm³/mol. The Hall–Kier alpha value is -1.83. The molecule has 0 bridgehead atoms. The van der Waals surface area contributed by atoms with Crippen molar-refractivity contribution >= 4 is 11.6 Å². The van der Waals surface area contributed by atoms with Gasteiger partial charge in [0.25, 0.3) is 0 Å². The van der Waals surface area contributed by atoms with Crippen LogP contribution in [0.1, 0.15) is 29.8 Å². The predicted octanol–water partition coefficient (Wildman–Crippen LogP) is 4.03. The quantitative estimate of drug-likeness (QED) is 0.845. The normalized spacial score (nSPS) is 18.5. The second-order valence-electron chi connectivity index (χ2n) is 6.80. The summed E-state index contributed by atoms with van der Waals surface area (Å²) in [7, 11) is 2.19. The lowest BCUT2D eigenvalue weighted by Crippen LogP contribution is -2.34. The standard InChI is InChI=1S/C19H23ClN4/c1-13-19(16-6-7-17(10-21)18(20)9-16)14(2)24(22-13)12-15-5-4-8-23(3)11-15/h6-7,9,15H,4-5,8,11-12H2,1-3H3. The first kappa shape index (κ1) is 17.0. The van der Waals surface area contributed by atoms with E-state index in [9.17, 15) is 0 Å². The Bertz CT molecular complexity index is 787. The first-order chi connectivity index (χ1) is 11.5. The molecule has 0 radical (unpaired) electrons. The minimum absolute atomic E-state index is 0.496. The molecule has 0 N–H and O–H groups in total. The van der Waals surface area contributed by atoms with Crippen LogP contribution in [-0.4, -0.2) is 34.8 Å². The van der Waals surface area contributed by atoms with Crippen LogP contribution in [0.5, 0.6) is 0 Å². The van der Waals surface area contributed by atoms with Gasteiger partial charge >= 0.3 is 0 Å². The molecule has 1 unspecified atom stereocenters. The highest BCUT2D eigenvalue weighted by atomic mass is 35.5. The van der Waals surface area contributed by atoms with Crippen molar-refractivity contribution in [3.63, 3.8) is 0 Å². The van der Waals surface area contributed by atoms with Crippen molar-refractivity contribution in [2.75, 3.05) is 20.1 Å². The summed E-state index contributed by atoms with van der Waals surface area (Å²) in [6.07, 6.45) is 2.53. The van der Waals surface area contributed by atoms with Crippen molar-refractivity contribution in [1.82, 2.24) is 14.7 Å². The largest absolute Gasteiger partial charge is 0.306 e. The van der Waals surface area contributed by atoms with E-state index >= 15 is 0 Å². The molecule has 1 fully saturated rings. The molecule has 126 valence electrons. The average Bonchev–Trinajstić information content (AvgIpc) is 2.81. The van der Waals surface area contributed by atoms with Gasteiger partial charge < -0.3 is 4.90 Å². The SMILES string of the molecule is Cc1nn(CC2CCCN(C)C2)c(C)c1-c1ccc(C#N)c(Cl)c1. The molecule has 2 heterocycles. The smallest absolute Gasteiger partial charge is 0.101 e. The summed E-state index contributed by atoms with van der Waals surface area (Å²) in [6.45, 7) is 7.45. The molecule has 0 saturated carbocycles. The van der Waals surface area contributed by atoms with E-state index in [4.69, 9.17) is 22.0 Å². The second kappa shape index (κ2) is 6.96. The van der Waals surface area contributed by atoms with Crippen molar-refractivity contribution in [3.05, 3.63) is 40.2 Å². The lowest BCUT2D eigenvalue weighted by molar-refractivity contribution is 0.190. The maximum absolute atomic E-state index is 9.04. The van der Waals surface area contributed by atoms with Crippen LogP contribution >= 0.6 is 11.6 Å². The van der Waals surface area contributed by atoms with Crippen LogP contribution in [0.4, 0.5) is 0 Å². The van der Waals surface area contributed by atoms with Crippen LogP contribution in [0.3, 0.4) is 0 Å². The lowest BCUT2D eigenvalue weighted by Gasteiger charge is -2.29. The molecule has 1 saturated heterocycles. The zero-order chi connectivity index (χ0) is 17.3. The number of hydrogen-bond acceptors (Lipinski definition) is 3. The molecule has 24 heavy (non-hydrogen) atoms. The van der Waals surface area contributed by atoms with E-state index in [0.29, 0.717) is 16.5 Å². The molecule has 5 heteroatoms. The highest BCUT2D eigenvalue weighted by Gasteiger charge is 2.21. The molecule has 1 aromatic carbocycles. The zero-order valence-corrected chi connectivity index (χ0v) is 15.3. The summed E-state index contributed by atoms with van der Waals surface area (Å²) in [4.78, 5) is 2.40. The van der Waals surface area contributed by atoms with Crippen molar-refractivity contribution in [2.24, 2.45) is 5.92 Å². The fourth-order valence-electron chi connectivity index (χ4n) is 3.72. The molecule has 3 rings (SSSR count). The minimum atomic E-state index is 0.496. The van der Waals surface area contributed by atoms with E-state index in [1.165, 1.54) is 25.1 Å². The van der Waals surface area contributed by atoms with Crippen LogP contribution in [0.25, 0.3) is 11.1 Å². The topological polar surface area (TPSA) is 44.9 Å². The third kappa shape index (κ3) is 3.33. The Kier molecular flexibility index (Phi) is 4.93. The van der Waals surface area contributed by atoms with Crippen molar-refractivity contribution < 1.29 is 0 Å². The van der Waals surface area contributed by atoms with Gasteiger partial charge in [0.2, 0.25) is 0 Å². The summed E-state index contributed by atoms with van der Waals surface area (Å²) in [5, 5.41) is 14.3. The number of rotatable bonds is 3. The monoisotopic (exact) mass is 342 g/mol. The Balaban J connectivity index is 1.89. The number of likely N-dealkylation sites (tertiary alicyclic amines) is 1. The number of piperidine rings is 1. The van der Waals surface area contributed by atoms with E-state index in [-0.39, 0.29) is 0 Å². The number of halogens is 1. The fourth-order valence-corrected chi connectivity index (χ4v) is 3.94. The highest BCUT2D eigenvalue weighted by molar-refractivity contribution is 6.32. The van der Waals surface area contributed by atoms with Crippen LogP contribution in [-0.2, 0) is 6.54 Å². The zero-order valence-electron chi connectivity index (χ0n) is 14.5. The van der Waals surface area contributed by atoms with Gasteiger partial charge in [-0.05, 0) is 63.9 Å². The van der Waals surface area contributed by atoms with Gasteiger partial charge in [-0.1, -0.05) is 17.7 Å². The van der Waals surface area contributed by atoms with Crippen LogP contribution < -0.4 is 0 Å². The van der Waals surface area contributed by atoms with Crippen LogP contribution in [0, 0.1) is 31.1 Å². The number of hydrogen-bond donors (Lipinski definition) is 0. The first-order valence-corrected chi connectivity index (χ1v) is 8.80. The summed E-state index contributed by atoms with van der Waals surface area (Å²) in [5.74, 6) is 0.652. The van der Waals surface area contributed by atoms with Gasteiger partial charge in [0.1, 0.15) is 6.07 Å². The first-order valence-electron chi connectivity index (χ1n) is 8.42. The summed E-state index contributed by atoms with van der Waals surface area (Å²) in [5.41, 5.74) is 4.85.